The Hall–Kier alpha value is -1.51. The summed E-state index contributed by atoms with van der Waals surface area (Å²) in [5.41, 5.74) is 8.60. The van der Waals surface area contributed by atoms with Gasteiger partial charge < -0.3 is 10.6 Å². The molecule has 1 fully saturated rings. The second-order valence-electron chi connectivity index (χ2n) is 5.27. The molecule has 0 saturated carbocycles. The Balaban J connectivity index is 1.95. The SMILES string of the molecule is Cc1ccccc1CN=C(N)N1CCC(C)CC1. The molecule has 0 unspecified atom stereocenters. The number of nitrogens with two attached hydrogens (primary N) is 1. The molecule has 1 heterocycles. The van der Waals surface area contributed by atoms with Gasteiger partial charge in [-0.1, -0.05) is 31.2 Å². The minimum atomic E-state index is 0.685. The van der Waals surface area contributed by atoms with Crippen molar-refractivity contribution in [2.75, 3.05) is 13.1 Å². The lowest BCUT2D eigenvalue weighted by molar-refractivity contribution is 0.277. The highest BCUT2D eigenvalue weighted by molar-refractivity contribution is 5.78. The largest absolute Gasteiger partial charge is 0.370 e. The average Bonchev–Trinajstić information content (AvgIpc) is 2.38. The molecule has 0 radical (unpaired) electrons. The molecule has 18 heavy (non-hydrogen) atoms. The maximum Gasteiger partial charge on any atom is 0.191 e. The Bertz CT molecular complexity index is 418. The quantitative estimate of drug-likeness (QED) is 0.642. The van der Waals surface area contributed by atoms with Crippen LogP contribution in [0.2, 0.25) is 0 Å². The van der Waals surface area contributed by atoms with E-state index in [0.29, 0.717) is 12.5 Å². The normalized spacial score (nSPS) is 18.1. The van der Waals surface area contributed by atoms with Crippen LogP contribution in [0.4, 0.5) is 0 Å². The molecule has 0 bridgehead atoms. The summed E-state index contributed by atoms with van der Waals surface area (Å²) in [7, 11) is 0. The summed E-state index contributed by atoms with van der Waals surface area (Å²) in [5, 5.41) is 0. The van der Waals surface area contributed by atoms with E-state index in [0.717, 1.165) is 19.0 Å². The molecular weight excluding hydrogens is 222 g/mol. The Kier molecular flexibility index (Phi) is 4.24. The third-order valence-corrected chi connectivity index (χ3v) is 3.78. The van der Waals surface area contributed by atoms with Crippen molar-refractivity contribution in [1.29, 1.82) is 0 Å². The third-order valence-electron chi connectivity index (χ3n) is 3.78. The van der Waals surface area contributed by atoms with Crippen molar-refractivity contribution in [3.05, 3.63) is 35.4 Å². The summed E-state index contributed by atoms with van der Waals surface area (Å²) in [6.07, 6.45) is 2.45. The van der Waals surface area contributed by atoms with Crippen molar-refractivity contribution in [3.63, 3.8) is 0 Å². The van der Waals surface area contributed by atoms with E-state index in [2.05, 4.69) is 48.0 Å². The highest BCUT2D eigenvalue weighted by Gasteiger charge is 2.16. The van der Waals surface area contributed by atoms with Crippen LogP contribution in [-0.2, 0) is 6.54 Å². The summed E-state index contributed by atoms with van der Waals surface area (Å²) >= 11 is 0. The van der Waals surface area contributed by atoms with Crippen LogP contribution in [0.3, 0.4) is 0 Å². The molecule has 1 aliphatic rings. The minimum Gasteiger partial charge on any atom is -0.370 e. The van der Waals surface area contributed by atoms with Crippen molar-refractivity contribution in [3.8, 4) is 0 Å². The van der Waals surface area contributed by atoms with Gasteiger partial charge in [-0.15, -0.1) is 0 Å². The average molecular weight is 245 g/mol. The molecule has 2 rings (SSSR count). The molecule has 3 nitrogen and oxygen atoms in total. The van der Waals surface area contributed by atoms with E-state index in [1.54, 1.807) is 0 Å². The van der Waals surface area contributed by atoms with Crippen LogP contribution in [0.5, 0.6) is 0 Å². The number of hydrogen-bond acceptors (Lipinski definition) is 1. The number of nitrogens with zero attached hydrogens (tertiary/aromatic N) is 2. The Morgan fingerprint density at radius 1 is 1.33 bits per heavy atom. The molecule has 0 aliphatic carbocycles. The van der Waals surface area contributed by atoms with Gasteiger partial charge in [0.2, 0.25) is 0 Å². The Morgan fingerprint density at radius 2 is 2.00 bits per heavy atom. The van der Waals surface area contributed by atoms with Crippen molar-refractivity contribution in [2.45, 2.75) is 33.2 Å². The maximum absolute atomic E-state index is 6.07. The first-order chi connectivity index (χ1) is 8.66. The fraction of sp³-hybridized carbons (Fsp3) is 0.533. The number of aliphatic imine (C=N–C) groups is 1. The maximum atomic E-state index is 6.07. The fourth-order valence-electron chi connectivity index (χ4n) is 2.29. The zero-order valence-corrected chi connectivity index (χ0v) is 11.4. The van der Waals surface area contributed by atoms with Gasteiger partial charge >= 0.3 is 0 Å². The lowest BCUT2D eigenvalue weighted by atomic mass is 10.00. The number of likely N-dealkylation sites (tertiary alicyclic amines) is 1. The van der Waals surface area contributed by atoms with E-state index in [9.17, 15) is 0 Å². The molecule has 3 heteroatoms. The van der Waals surface area contributed by atoms with Crippen LogP contribution >= 0.6 is 0 Å². The van der Waals surface area contributed by atoms with Gasteiger partial charge in [0.1, 0.15) is 0 Å². The van der Waals surface area contributed by atoms with E-state index in [-0.39, 0.29) is 0 Å². The highest BCUT2D eigenvalue weighted by atomic mass is 15.3. The van der Waals surface area contributed by atoms with Crippen LogP contribution in [0.15, 0.2) is 29.3 Å². The molecule has 1 aromatic rings. The number of hydrogen-bond donors (Lipinski definition) is 1. The lowest BCUT2D eigenvalue weighted by Crippen LogP contribution is -2.42. The number of aryl methyl sites for hydroxylation is 1. The van der Waals surface area contributed by atoms with Crippen molar-refractivity contribution in [1.82, 2.24) is 4.90 Å². The molecule has 1 saturated heterocycles. The zero-order chi connectivity index (χ0) is 13.0. The van der Waals surface area contributed by atoms with E-state index in [1.807, 2.05) is 0 Å². The zero-order valence-electron chi connectivity index (χ0n) is 11.4. The monoisotopic (exact) mass is 245 g/mol. The first-order valence-corrected chi connectivity index (χ1v) is 6.76. The number of guanidine groups is 1. The van der Waals surface area contributed by atoms with Gasteiger partial charge in [-0.2, -0.15) is 0 Å². The predicted molar refractivity (Wildman–Crippen MR) is 76.5 cm³/mol. The van der Waals surface area contributed by atoms with Crippen LogP contribution in [0.1, 0.15) is 30.9 Å². The molecule has 0 aromatic heterocycles. The number of rotatable bonds is 2. The van der Waals surface area contributed by atoms with Crippen molar-refractivity contribution < 1.29 is 0 Å². The van der Waals surface area contributed by atoms with Crippen molar-refractivity contribution in [2.24, 2.45) is 16.6 Å². The van der Waals surface area contributed by atoms with Gasteiger partial charge in [0.25, 0.3) is 0 Å². The molecule has 2 N–H and O–H groups in total. The van der Waals surface area contributed by atoms with Crippen LogP contribution in [0, 0.1) is 12.8 Å². The Morgan fingerprint density at radius 3 is 2.67 bits per heavy atom. The topological polar surface area (TPSA) is 41.6 Å². The summed E-state index contributed by atoms with van der Waals surface area (Å²) in [6, 6.07) is 8.34. The second-order valence-corrected chi connectivity index (χ2v) is 5.27. The molecule has 1 aromatic carbocycles. The first-order valence-electron chi connectivity index (χ1n) is 6.76. The standard InChI is InChI=1S/C15H23N3/c1-12-7-9-18(10-8-12)15(16)17-11-14-6-4-3-5-13(14)2/h3-6,12H,7-11H2,1-2H3,(H2,16,17). The van der Waals surface area contributed by atoms with E-state index in [1.165, 1.54) is 24.0 Å². The van der Waals surface area contributed by atoms with Crippen LogP contribution in [0.25, 0.3) is 0 Å². The smallest absolute Gasteiger partial charge is 0.191 e. The van der Waals surface area contributed by atoms with Gasteiger partial charge in [0.15, 0.2) is 5.96 Å². The highest BCUT2D eigenvalue weighted by Crippen LogP contribution is 2.16. The lowest BCUT2D eigenvalue weighted by Gasteiger charge is -2.31. The summed E-state index contributed by atoms with van der Waals surface area (Å²) in [5.74, 6) is 1.52. The minimum absolute atomic E-state index is 0.685. The van der Waals surface area contributed by atoms with Crippen LogP contribution in [-0.4, -0.2) is 23.9 Å². The van der Waals surface area contributed by atoms with Gasteiger partial charge in [-0.05, 0) is 36.8 Å². The van der Waals surface area contributed by atoms with Crippen LogP contribution < -0.4 is 5.73 Å². The number of piperidine rings is 1. The summed E-state index contributed by atoms with van der Waals surface area (Å²) in [4.78, 5) is 6.73. The molecule has 0 atom stereocenters. The molecule has 0 spiro atoms. The van der Waals surface area contributed by atoms with Crippen molar-refractivity contribution >= 4 is 5.96 Å². The van der Waals surface area contributed by atoms with Gasteiger partial charge in [-0.25, -0.2) is 4.99 Å². The molecular formula is C15H23N3. The fourth-order valence-corrected chi connectivity index (χ4v) is 2.29. The first kappa shape index (κ1) is 12.9. The Labute approximate surface area is 110 Å². The second kappa shape index (κ2) is 5.89. The summed E-state index contributed by atoms with van der Waals surface area (Å²) in [6.45, 7) is 7.20. The summed E-state index contributed by atoms with van der Waals surface area (Å²) < 4.78 is 0. The van der Waals surface area contributed by atoms with Gasteiger partial charge in [0, 0.05) is 13.1 Å². The predicted octanol–water partition coefficient (Wildman–Crippen LogP) is 2.54. The third kappa shape index (κ3) is 3.25. The van der Waals surface area contributed by atoms with E-state index < -0.39 is 0 Å². The van der Waals surface area contributed by atoms with Gasteiger partial charge in [0.05, 0.1) is 6.54 Å². The van der Waals surface area contributed by atoms with Gasteiger partial charge in [-0.3, -0.25) is 0 Å². The number of benzene rings is 1. The molecule has 0 amide bonds. The van der Waals surface area contributed by atoms with E-state index in [4.69, 9.17) is 5.73 Å². The molecule has 1 aliphatic heterocycles. The molecule has 98 valence electrons. The van der Waals surface area contributed by atoms with E-state index >= 15 is 0 Å².